The number of rotatable bonds is 4. The summed E-state index contributed by atoms with van der Waals surface area (Å²) in [5.74, 6) is -0.509. The first kappa shape index (κ1) is 12.6. The maximum atomic E-state index is 13.3. The van der Waals surface area contributed by atoms with Gasteiger partial charge in [-0.05, 0) is 31.5 Å². The second-order valence-electron chi connectivity index (χ2n) is 3.83. The van der Waals surface area contributed by atoms with E-state index in [1.165, 1.54) is 12.1 Å². The maximum Gasteiger partial charge on any atom is 0.141 e. The highest BCUT2D eigenvalue weighted by molar-refractivity contribution is 5.34. The van der Waals surface area contributed by atoms with Crippen molar-refractivity contribution < 1.29 is 9.50 Å². The number of hydrogen-bond acceptors (Lipinski definition) is 3. The van der Waals surface area contributed by atoms with Crippen molar-refractivity contribution >= 4 is 0 Å². The summed E-state index contributed by atoms with van der Waals surface area (Å²) in [7, 11) is 0. The fourth-order valence-corrected chi connectivity index (χ4v) is 1.36. The predicted molar refractivity (Wildman–Crippen MR) is 59.2 cm³/mol. The van der Waals surface area contributed by atoms with Crippen molar-refractivity contribution in [3.05, 3.63) is 35.1 Å². The van der Waals surface area contributed by atoms with E-state index in [0.717, 1.165) is 5.56 Å². The zero-order valence-corrected chi connectivity index (χ0v) is 9.37. The molecule has 0 bridgehead atoms. The minimum Gasteiger partial charge on any atom is -0.392 e. The molecule has 0 amide bonds. The highest BCUT2D eigenvalue weighted by atomic mass is 19.1. The molecule has 1 unspecified atom stereocenters. The highest BCUT2D eigenvalue weighted by Gasteiger charge is 2.09. The van der Waals surface area contributed by atoms with Crippen LogP contribution >= 0.6 is 0 Å². The number of benzene rings is 1. The Morgan fingerprint density at radius 3 is 2.69 bits per heavy atom. The third-order valence-corrected chi connectivity index (χ3v) is 2.33. The average Bonchev–Trinajstić information content (AvgIpc) is 2.25. The molecular weight excluding hydrogens is 207 g/mol. The zero-order chi connectivity index (χ0) is 12.1. The van der Waals surface area contributed by atoms with E-state index >= 15 is 0 Å². The van der Waals surface area contributed by atoms with Crippen LogP contribution in [0.15, 0.2) is 18.2 Å². The van der Waals surface area contributed by atoms with Gasteiger partial charge in [0.1, 0.15) is 11.9 Å². The van der Waals surface area contributed by atoms with Crippen LogP contribution in [0.5, 0.6) is 0 Å². The number of nitrogens with zero attached hydrogens (tertiary/aromatic N) is 1. The Hall–Kier alpha value is -1.44. The topological polar surface area (TPSA) is 56.0 Å². The summed E-state index contributed by atoms with van der Waals surface area (Å²) in [6.45, 7) is 4.01. The second-order valence-corrected chi connectivity index (χ2v) is 3.83. The SMILES string of the molecule is CC(NC[C@H](C)O)c1ccc(C#N)c(F)c1. The molecule has 0 aliphatic heterocycles. The van der Waals surface area contributed by atoms with E-state index in [1.54, 1.807) is 19.1 Å². The van der Waals surface area contributed by atoms with Gasteiger partial charge in [0.05, 0.1) is 11.7 Å². The van der Waals surface area contributed by atoms with Gasteiger partial charge < -0.3 is 10.4 Å². The molecule has 2 N–H and O–H groups in total. The number of nitriles is 1. The molecule has 3 nitrogen and oxygen atoms in total. The Kier molecular flexibility index (Phi) is 4.41. The van der Waals surface area contributed by atoms with Gasteiger partial charge in [-0.1, -0.05) is 6.07 Å². The minimum atomic E-state index is -0.509. The summed E-state index contributed by atoms with van der Waals surface area (Å²) < 4.78 is 13.3. The molecule has 0 aromatic heterocycles. The van der Waals surface area contributed by atoms with Gasteiger partial charge >= 0.3 is 0 Å². The molecule has 0 saturated heterocycles. The summed E-state index contributed by atoms with van der Waals surface area (Å²) in [4.78, 5) is 0. The van der Waals surface area contributed by atoms with Crippen molar-refractivity contribution in [1.82, 2.24) is 5.32 Å². The first-order chi connectivity index (χ1) is 7.54. The van der Waals surface area contributed by atoms with Crippen molar-refractivity contribution in [2.24, 2.45) is 0 Å². The minimum absolute atomic E-state index is 0.0477. The quantitative estimate of drug-likeness (QED) is 0.815. The van der Waals surface area contributed by atoms with Crippen molar-refractivity contribution in [2.75, 3.05) is 6.54 Å². The molecule has 0 aliphatic rings. The number of aliphatic hydroxyl groups excluding tert-OH is 1. The molecule has 0 fully saturated rings. The van der Waals surface area contributed by atoms with Crippen LogP contribution in [0.1, 0.15) is 31.0 Å². The third kappa shape index (κ3) is 3.30. The highest BCUT2D eigenvalue weighted by Crippen LogP contribution is 2.16. The molecule has 0 radical (unpaired) electrons. The number of halogens is 1. The van der Waals surface area contributed by atoms with Crippen molar-refractivity contribution in [1.29, 1.82) is 5.26 Å². The third-order valence-electron chi connectivity index (χ3n) is 2.33. The largest absolute Gasteiger partial charge is 0.392 e. The lowest BCUT2D eigenvalue weighted by Crippen LogP contribution is -2.27. The Balaban J connectivity index is 2.74. The van der Waals surface area contributed by atoms with Crippen LogP contribution in [-0.4, -0.2) is 17.8 Å². The molecule has 4 heteroatoms. The molecule has 0 heterocycles. The van der Waals surface area contributed by atoms with Gasteiger partial charge in [0, 0.05) is 12.6 Å². The van der Waals surface area contributed by atoms with E-state index in [9.17, 15) is 4.39 Å². The summed E-state index contributed by atoms with van der Waals surface area (Å²) in [5.41, 5.74) is 0.809. The van der Waals surface area contributed by atoms with Crippen LogP contribution < -0.4 is 5.32 Å². The number of aliphatic hydroxyl groups is 1. The van der Waals surface area contributed by atoms with Crippen LogP contribution in [0.4, 0.5) is 4.39 Å². The van der Waals surface area contributed by atoms with E-state index in [1.807, 2.05) is 6.92 Å². The van der Waals surface area contributed by atoms with E-state index in [2.05, 4.69) is 5.32 Å². The zero-order valence-electron chi connectivity index (χ0n) is 9.37. The molecule has 0 saturated carbocycles. The van der Waals surface area contributed by atoms with E-state index < -0.39 is 11.9 Å². The lowest BCUT2D eigenvalue weighted by molar-refractivity contribution is 0.187. The molecule has 1 aromatic rings. The predicted octanol–water partition coefficient (Wildman–Crippen LogP) is 1.73. The standard InChI is InChI=1S/C12H15FN2O/c1-8(16)7-15-9(2)10-3-4-11(6-14)12(13)5-10/h3-5,8-9,15-16H,7H2,1-2H3/t8-,9?/m0/s1. The van der Waals surface area contributed by atoms with Crippen LogP contribution in [0.2, 0.25) is 0 Å². The van der Waals surface area contributed by atoms with Gasteiger partial charge in [-0.25, -0.2) is 4.39 Å². The number of hydrogen-bond donors (Lipinski definition) is 2. The van der Waals surface area contributed by atoms with Gasteiger partial charge in [-0.3, -0.25) is 0 Å². The van der Waals surface area contributed by atoms with Crippen LogP contribution in [-0.2, 0) is 0 Å². The molecule has 0 spiro atoms. The Labute approximate surface area is 94.5 Å². The first-order valence-corrected chi connectivity index (χ1v) is 5.15. The van der Waals surface area contributed by atoms with E-state index in [0.29, 0.717) is 6.54 Å². The second kappa shape index (κ2) is 5.59. The molecule has 0 aliphatic carbocycles. The lowest BCUT2D eigenvalue weighted by atomic mass is 10.1. The van der Waals surface area contributed by atoms with Gasteiger partial charge in [0.2, 0.25) is 0 Å². The molecule has 1 rings (SSSR count). The molecule has 86 valence electrons. The van der Waals surface area contributed by atoms with Crippen molar-refractivity contribution in [3.63, 3.8) is 0 Å². The lowest BCUT2D eigenvalue weighted by Gasteiger charge is -2.15. The van der Waals surface area contributed by atoms with Gasteiger partial charge in [-0.15, -0.1) is 0 Å². The van der Waals surface area contributed by atoms with Gasteiger partial charge in [-0.2, -0.15) is 5.26 Å². The maximum absolute atomic E-state index is 13.3. The smallest absolute Gasteiger partial charge is 0.141 e. The Morgan fingerprint density at radius 1 is 1.50 bits per heavy atom. The van der Waals surface area contributed by atoms with E-state index in [-0.39, 0.29) is 11.6 Å². The molecular formula is C12H15FN2O. The number of nitrogens with one attached hydrogen (secondary N) is 1. The first-order valence-electron chi connectivity index (χ1n) is 5.15. The Morgan fingerprint density at radius 2 is 2.19 bits per heavy atom. The van der Waals surface area contributed by atoms with E-state index in [4.69, 9.17) is 10.4 Å². The fraction of sp³-hybridized carbons (Fsp3) is 0.417. The summed E-state index contributed by atoms with van der Waals surface area (Å²) >= 11 is 0. The Bertz CT molecular complexity index is 398. The fourth-order valence-electron chi connectivity index (χ4n) is 1.36. The van der Waals surface area contributed by atoms with Crippen LogP contribution in [0.25, 0.3) is 0 Å². The van der Waals surface area contributed by atoms with Crippen molar-refractivity contribution in [3.8, 4) is 6.07 Å². The van der Waals surface area contributed by atoms with Gasteiger partial charge in [0.15, 0.2) is 0 Å². The monoisotopic (exact) mass is 222 g/mol. The molecule has 2 atom stereocenters. The normalized spacial score (nSPS) is 14.2. The summed E-state index contributed by atoms with van der Waals surface area (Å²) in [6.07, 6.45) is -0.439. The van der Waals surface area contributed by atoms with Crippen LogP contribution in [0, 0.1) is 17.1 Å². The summed E-state index contributed by atoms with van der Waals surface area (Å²) in [5, 5.41) is 20.8. The van der Waals surface area contributed by atoms with Gasteiger partial charge in [0.25, 0.3) is 0 Å². The van der Waals surface area contributed by atoms with Crippen molar-refractivity contribution in [2.45, 2.75) is 26.0 Å². The average molecular weight is 222 g/mol. The van der Waals surface area contributed by atoms with Crippen LogP contribution in [0.3, 0.4) is 0 Å². The summed E-state index contributed by atoms with van der Waals surface area (Å²) in [6, 6.07) is 6.24. The molecule has 1 aromatic carbocycles. The molecule has 16 heavy (non-hydrogen) atoms.